The number of hydrogen-bond donors (Lipinski definition) is 5. The third-order valence-electron chi connectivity index (χ3n) is 15.3. The zero-order chi connectivity index (χ0) is 60.2. The monoisotopic (exact) mass is 1130 g/mol. The van der Waals surface area contributed by atoms with Gasteiger partial charge in [0.1, 0.15) is 18.7 Å². The van der Waals surface area contributed by atoms with Gasteiger partial charge in [-0.15, -0.1) is 0 Å². The normalized spacial score (nSPS) is 17.7. The summed E-state index contributed by atoms with van der Waals surface area (Å²) in [5.41, 5.74) is 0.827. The summed E-state index contributed by atoms with van der Waals surface area (Å²) in [7, 11) is 9.83. The van der Waals surface area contributed by atoms with Crippen LogP contribution in [0.3, 0.4) is 0 Å². The van der Waals surface area contributed by atoms with Crippen LogP contribution in [0.15, 0.2) is 30.3 Å². The third-order valence-corrected chi connectivity index (χ3v) is 15.3. The maximum Gasteiger partial charge on any atom is 0.305 e. The lowest BCUT2D eigenvalue weighted by molar-refractivity contribution is -0.194. The number of likely N-dealkylation sites (N-methyl/N-ethyl adjacent to an activating group) is 2. The van der Waals surface area contributed by atoms with E-state index >= 15 is 0 Å². The molecular formula is C59H101N7O14. The van der Waals surface area contributed by atoms with Crippen LogP contribution in [0.25, 0.3) is 0 Å². The second kappa shape index (κ2) is 37.1. The van der Waals surface area contributed by atoms with Gasteiger partial charge in [0.25, 0.3) is 0 Å². The number of unbranched alkanes of at least 4 members (excludes halogenated alkanes) is 1. The first-order chi connectivity index (χ1) is 37.9. The predicted molar refractivity (Wildman–Crippen MR) is 305 cm³/mol. The molecule has 4 unspecified atom stereocenters. The molecule has 1 aliphatic rings. The number of nitrogens with zero attached hydrogens (tertiary/aromatic N) is 3. The van der Waals surface area contributed by atoms with Gasteiger partial charge in [0.2, 0.25) is 35.4 Å². The molecule has 5 N–H and O–H groups in total. The van der Waals surface area contributed by atoms with Gasteiger partial charge in [-0.25, -0.2) is 0 Å². The van der Waals surface area contributed by atoms with Gasteiger partial charge in [0.15, 0.2) is 12.1 Å². The SMILES string of the molecule is CCC(CO)OC(COC(=O)CCCC(=O)NC(C)C(=O)CCCCNC(=O)C(Cc1ccccc1)NC(=O)[C@H](C)[C@@H](OC)[C@@H]1CCCN1C(=O)C[C@@H](OC)[C@H]([C@@H](C)CC)N(C)C(=O)[C@@H](NC(=O)[C@H](C(C)C)N(C)C)C(C)C)OC. The summed E-state index contributed by atoms with van der Waals surface area (Å²) in [6.45, 7) is 17.2. The molecule has 0 radical (unpaired) electrons. The summed E-state index contributed by atoms with van der Waals surface area (Å²) in [6.07, 6.45) is 1.17. The Kier molecular flexibility index (Phi) is 33.0. The van der Waals surface area contributed by atoms with E-state index in [9.17, 15) is 43.5 Å². The summed E-state index contributed by atoms with van der Waals surface area (Å²) < 4.78 is 28.0. The summed E-state index contributed by atoms with van der Waals surface area (Å²) in [5.74, 6) is -3.74. The minimum atomic E-state index is -0.959. The maximum atomic E-state index is 14.5. The van der Waals surface area contributed by atoms with Crippen molar-refractivity contribution in [1.82, 2.24) is 36.0 Å². The second-order valence-corrected chi connectivity index (χ2v) is 22.3. The van der Waals surface area contributed by atoms with Crippen LogP contribution in [0.2, 0.25) is 0 Å². The standard InChI is InChI=1S/C59H101N7O14/c1-16-39(7)54(65(12)59(75)52(37(3)4)63-58(74)53(38(5)6)64(10)11)47(76-13)34-49(70)66-32-24-27-45(66)55(78-15)40(8)56(72)62-44(33-42-25-19-18-20-26-42)57(73)60-31-22-21-28-46(68)41(9)61-48(69)29-23-30-50(71)79-36-51(77-14)80-43(17-2)35-67/h18-20,25-26,37-41,43-45,47,51-55,67H,16-17,21-24,27-36H2,1-15H3,(H,60,73)(H,61,69)(H,62,72)(H,63,74)/t39-,40+,41?,43?,44?,45-,47+,51?,52-,53-,54-,55+/m0/s1. The first-order valence-electron chi connectivity index (χ1n) is 28.9. The van der Waals surface area contributed by atoms with Gasteiger partial charge in [-0.1, -0.05) is 92.1 Å². The fourth-order valence-electron chi connectivity index (χ4n) is 10.4. The third kappa shape index (κ3) is 23.1. The minimum absolute atomic E-state index is 0.00839. The Labute approximate surface area is 477 Å². The molecule has 12 atom stereocenters. The van der Waals surface area contributed by atoms with Crippen molar-refractivity contribution in [3.8, 4) is 0 Å². The number of amides is 6. The molecule has 1 fully saturated rings. The van der Waals surface area contributed by atoms with E-state index in [1.807, 2.05) is 97.8 Å². The van der Waals surface area contributed by atoms with Crippen LogP contribution in [-0.4, -0.2) is 197 Å². The van der Waals surface area contributed by atoms with E-state index < -0.39 is 84.6 Å². The van der Waals surface area contributed by atoms with E-state index in [0.29, 0.717) is 45.1 Å². The largest absolute Gasteiger partial charge is 0.460 e. The minimum Gasteiger partial charge on any atom is -0.460 e. The van der Waals surface area contributed by atoms with Crippen LogP contribution in [0.4, 0.5) is 0 Å². The van der Waals surface area contributed by atoms with Crippen molar-refractivity contribution in [2.24, 2.45) is 23.7 Å². The maximum absolute atomic E-state index is 14.5. The Morgan fingerprint density at radius 1 is 0.762 bits per heavy atom. The number of ketones is 1. The molecule has 1 aromatic carbocycles. The Balaban J connectivity index is 2.07. The molecule has 0 bridgehead atoms. The summed E-state index contributed by atoms with van der Waals surface area (Å²) in [4.78, 5) is 114. The van der Waals surface area contributed by atoms with E-state index in [-0.39, 0.29) is 105 Å². The van der Waals surface area contributed by atoms with E-state index in [1.54, 1.807) is 30.7 Å². The average molecular weight is 1130 g/mol. The number of likely N-dealkylation sites (tertiary alicyclic amines) is 1. The fourth-order valence-corrected chi connectivity index (χ4v) is 10.4. The molecule has 0 spiro atoms. The Hall–Kier alpha value is -5.06. The zero-order valence-electron chi connectivity index (χ0n) is 50.9. The number of benzene rings is 1. The number of carbonyl (C=O) groups is 8. The number of hydrogen-bond acceptors (Lipinski definition) is 15. The number of esters is 1. The molecule has 21 heteroatoms. The van der Waals surface area contributed by atoms with E-state index in [4.69, 9.17) is 23.7 Å². The highest BCUT2D eigenvalue weighted by atomic mass is 16.7. The Morgan fingerprint density at radius 2 is 1.44 bits per heavy atom. The fraction of sp³-hybridized carbons (Fsp3) is 0.763. The molecule has 80 heavy (non-hydrogen) atoms. The number of aliphatic hydroxyl groups excluding tert-OH is 1. The van der Waals surface area contributed by atoms with Crippen molar-refractivity contribution in [1.29, 1.82) is 0 Å². The second-order valence-electron chi connectivity index (χ2n) is 22.3. The van der Waals surface area contributed by atoms with Gasteiger partial charge >= 0.3 is 5.97 Å². The summed E-state index contributed by atoms with van der Waals surface area (Å²) in [5, 5.41) is 20.9. The zero-order valence-corrected chi connectivity index (χ0v) is 50.9. The molecule has 1 heterocycles. The van der Waals surface area contributed by atoms with E-state index in [2.05, 4.69) is 21.3 Å². The van der Waals surface area contributed by atoms with Crippen molar-refractivity contribution in [3.63, 3.8) is 0 Å². The summed E-state index contributed by atoms with van der Waals surface area (Å²) in [6, 6.07) is 5.35. The van der Waals surface area contributed by atoms with Crippen LogP contribution in [0.1, 0.15) is 139 Å². The van der Waals surface area contributed by atoms with Crippen molar-refractivity contribution in [3.05, 3.63) is 35.9 Å². The Bertz CT molecular complexity index is 2050. The van der Waals surface area contributed by atoms with Gasteiger partial charge < -0.3 is 59.9 Å². The lowest BCUT2D eigenvalue weighted by atomic mass is 9.89. The van der Waals surface area contributed by atoms with E-state index in [1.165, 1.54) is 21.3 Å². The molecule has 0 aromatic heterocycles. The molecule has 21 nitrogen and oxygen atoms in total. The smallest absolute Gasteiger partial charge is 0.305 e. The summed E-state index contributed by atoms with van der Waals surface area (Å²) >= 11 is 0. The predicted octanol–water partition coefficient (Wildman–Crippen LogP) is 4.20. The van der Waals surface area contributed by atoms with Crippen LogP contribution in [-0.2, 0) is 68.5 Å². The number of Topliss-reactive ketones (excluding diaryl/α,β-unsaturated/α-hetero) is 1. The molecule has 0 saturated carbocycles. The highest BCUT2D eigenvalue weighted by Gasteiger charge is 2.44. The molecule has 1 aromatic rings. The molecule has 6 amide bonds. The first-order valence-corrected chi connectivity index (χ1v) is 28.9. The molecule has 456 valence electrons. The van der Waals surface area contributed by atoms with Gasteiger partial charge in [0.05, 0.1) is 61.4 Å². The van der Waals surface area contributed by atoms with Gasteiger partial charge in [-0.3, -0.25) is 43.3 Å². The molecule has 2 rings (SSSR count). The number of ether oxygens (including phenoxy) is 5. The van der Waals surface area contributed by atoms with E-state index in [0.717, 1.165) is 5.56 Å². The average Bonchev–Trinajstić information content (AvgIpc) is 3.92. The highest BCUT2D eigenvalue weighted by molar-refractivity contribution is 5.91. The number of nitrogens with one attached hydrogen (secondary N) is 4. The van der Waals surface area contributed by atoms with Crippen LogP contribution < -0.4 is 21.3 Å². The van der Waals surface area contributed by atoms with Gasteiger partial charge in [0, 0.05) is 67.1 Å². The number of rotatable bonds is 39. The van der Waals surface area contributed by atoms with Crippen molar-refractivity contribution >= 4 is 47.2 Å². The Morgan fingerprint density at radius 3 is 2.00 bits per heavy atom. The molecule has 0 aliphatic carbocycles. The van der Waals surface area contributed by atoms with Crippen LogP contribution in [0.5, 0.6) is 0 Å². The van der Waals surface area contributed by atoms with Crippen LogP contribution in [0, 0.1) is 23.7 Å². The highest BCUT2D eigenvalue weighted by Crippen LogP contribution is 2.30. The molecular weight excluding hydrogens is 1030 g/mol. The van der Waals surface area contributed by atoms with Crippen molar-refractivity contribution < 1.29 is 67.1 Å². The molecule has 1 aliphatic heterocycles. The lowest BCUT2D eigenvalue weighted by Crippen LogP contribution is -2.59. The number of carbonyl (C=O) groups excluding carboxylic acids is 8. The van der Waals surface area contributed by atoms with Gasteiger partial charge in [-0.05, 0) is 82.9 Å². The van der Waals surface area contributed by atoms with Crippen molar-refractivity contribution in [2.45, 2.75) is 200 Å². The molecule has 1 saturated heterocycles. The topological polar surface area (TPSA) is 261 Å². The van der Waals surface area contributed by atoms with Crippen LogP contribution >= 0.6 is 0 Å². The quantitative estimate of drug-likeness (QED) is 0.0352. The van der Waals surface area contributed by atoms with Gasteiger partial charge in [-0.2, -0.15) is 0 Å². The number of methoxy groups -OCH3 is 3. The lowest BCUT2D eigenvalue weighted by Gasteiger charge is -2.41. The number of aliphatic hydroxyl groups is 1. The first kappa shape index (κ1) is 71.0. The van der Waals surface area contributed by atoms with Crippen molar-refractivity contribution in [2.75, 3.05) is 68.8 Å².